The van der Waals surface area contributed by atoms with Crippen LogP contribution in [0.4, 0.5) is 0 Å². The van der Waals surface area contributed by atoms with Crippen LogP contribution >= 0.6 is 11.8 Å². The van der Waals surface area contributed by atoms with E-state index >= 15 is 0 Å². The Balaban J connectivity index is 2.39. The number of rotatable bonds is 4. The maximum Gasteiger partial charge on any atom is 0.336 e. The molecule has 1 aromatic carbocycles. The summed E-state index contributed by atoms with van der Waals surface area (Å²) in [5, 5.41) is 9.13. The number of hydrogen-bond donors (Lipinski definition) is 1. The average molecular weight is 259 g/mol. The highest BCUT2D eigenvalue weighted by molar-refractivity contribution is 7.99. The van der Waals surface area contributed by atoms with Gasteiger partial charge in [-0.25, -0.2) is 4.79 Å². The number of carbonyl (C=O) groups is 1. The Hall–Kier alpha value is -1.81. The summed E-state index contributed by atoms with van der Waals surface area (Å²) in [5.41, 5.74) is 1.81. The highest BCUT2D eigenvalue weighted by atomic mass is 32.2. The van der Waals surface area contributed by atoms with Crippen LogP contribution in [0.25, 0.3) is 11.1 Å². The van der Waals surface area contributed by atoms with Crippen molar-refractivity contribution in [3.63, 3.8) is 0 Å². The van der Waals surface area contributed by atoms with Gasteiger partial charge in [-0.3, -0.25) is 4.98 Å². The molecule has 0 saturated heterocycles. The molecule has 0 aliphatic heterocycles. The Morgan fingerprint density at radius 2 is 2.00 bits per heavy atom. The van der Waals surface area contributed by atoms with E-state index in [1.54, 1.807) is 18.0 Å². The lowest BCUT2D eigenvalue weighted by Crippen LogP contribution is -1.99. The van der Waals surface area contributed by atoms with Crippen molar-refractivity contribution in [2.45, 2.75) is 11.8 Å². The van der Waals surface area contributed by atoms with E-state index in [2.05, 4.69) is 11.9 Å². The molecular formula is C14H13NO2S. The molecule has 0 aliphatic rings. The van der Waals surface area contributed by atoms with Gasteiger partial charge in [0, 0.05) is 22.9 Å². The third-order valence-electron chi connectivity index (χ3n) is 2.53. The predicted octanol–water partition coefficient (Wildman–Crippen LogP) is 3.56. The highest BCUT2D eigenvalue weighted by Gasteiger charge is 2.11. The summed E-state index contributed by atoms with van der Waals surface area (Å²) in [7, 11) is 0. The predicted molar refractivity (Wildman–Crippen MR) is 73.0 cm³/mol. The largest absolute Gasteiger partial charge is 0.478 e. The van der Waals surface area contributed by atoms with Gasteiger partial charge in [0.1, 0.15) is 0 Å². The topological polar surface area (TPSA) is 50.2 Å². The van der Waals surface area contributed by atoms with Crippen LogP contribution in [0.15, 0.2) is 47.6 Å². The third kappa shape index (κ3) is 2.71. The summed E-state index contributed by atoms with van der Waals surface area (Å²) in [6, 6.07) is 9.39. The van der Waals surface area contributed by atoms with Crippen LogP contribution in [-0.2, 0) is 0 Å². The summed E-state index contributed by atoms with van der Waals surface area (Å²) in [6.45, 7) is 2.10. The van der Waals surface area contributed by atoms with E-state index in [0.29, 0.717) is 5.56 Å². The summed E-state index contributed by atoms with van der Waals surface area (Å²) in [5.74, 6) is 0.0893. The first-order valence-corrected chi connectivity index (χ1v) is 6.61. The molecule has 1 N–H and O–H groups in total. The summed E-state index contributed by atoms with van der Waals surface area (Å²) in [6.07, 6.45) is 3.08. The fourth-order valence-electron chi connectivity index (χ4n) is 1.71. The van der Waals surface area contributed by atoms with E-state index in [0.717, 1.165) is 11.3 Å². The number of carboxylic acids is 1. The van der Waals surface area contributed by atoms with Crippen LogP contribution in [-0.4, -0.2) is 21.8 Å². The number of carboxylic acid groups (broad SMARTS) is 1. The van der Waals surface area contributed by atoms with Crippen molar-refractivity contribution < 1.29 is 9.90 Å². The number of aromatic nitrogens is 1. The Kier molecular flexibility index (Phi) is 3.99. The molecule has 0 unspecified atom stereocenters. The Bertz CT molecular complexity index is 552. The van der Waals surface area contributed by atoms with E-state index in [1.807, 2.05) is 24.3 Å². The van der Waals surface area contributed by atoms with Gasteiger partial charge in [0.05, 0.1) is 5.56 Å². The molecule has 4 heteroatoms. The van der Waals surface area contributed by atoms with Crippen LogP contribution in [0.3, 0.4) is 0 Å². The SMILES string of the molecule is CCSc1ccc(-c2cnccc2C(=O)O)cc1. The molecule has 0 spiro atoms. The Morgan fingerprint density at radius 3 is 2.61 bits per heavy atom. The minimum Gasteiger partial charge on any atom is -0.478 e. The molecule has 2 rings (SSSR count). The zero-order chi connectivity index (χ0) is 13.0. The molecule has 1 heterocycles. The Labute approximate surface area is 110 Å². The van der Waals surface area contributed by atoms with Crippen molar-refractivity contribution in [1.29, 1.82) is 0 Å². The molecule has 1 aromatic heterocycles. The lowest BCUT2D eigenvalue weighted by atomic mass is 10.0. The number of thioether (sulfide) groups is 1. The lowest BCUT2D eigenvalue weighted by molar-refractivity contribution is 0.0697. The smallest absolute Gasteiger partial charge is 0.336 e. The minimum atomic E-state index is -0.931. The zero-order valence-electron chi connectivity index (χ0n) is 9.96. The first kappa shape index (κ1) is 12.6. The van der Waals surface area contributed by atoms with Crippen molar-refractivity contribution in [2.24, 2.45) is 0 Å². The Morgan fingerprint density at radius 1 is 1.28 bits per heavy atom. The molecule has 0 radical (unpaired) electrons. The van der Waals surface area contributed by atoms with Gasteiger partial charge in [0.2, 0.25) is 0 Å². The number of hydrogen-bond acceptors (Lipinski definition) is 3. The van der Waals surface area contributed by atoms with Crippen molar-refractivity contribution in [2.75, 3.05) is 5.75 Å². The fourth-order valence-corrected chi connectivity index (χ4v) is 2.37. The number of aromatic carboxylic acids is 1. The molecule has 2 aromatic rings. The average Bonchev–Trinajstić information content (AvgIpc) is 2.40. The number of benzene rings is 1. The van der Waals surface area contributed by atoms with Crippen LogP contribution in [0.5, 0.6) is 0 Å². The van der Waals surface area contributed by atoms with E-state index in [4.69, 9.17) is 5.11 Å². The van der Waals surface area contributed by atoms with E-state index < -0.39 is 5.97 Å². The van der Waals surface area contributed by atoms with Gasteiger partial charge >= 0.3 is 5.97 Å². The van der Waals surface area contributed by atoms with Crippen molar-refractivity contribution in [3.05, 3.63) is 48.3 Å². The van der Waals surface area contributed by atoms with Crippen LogP contribution in [0.2, 0.25) is 0 Å². The summed E-state index contributed by atoms with van der Waals surface area (Å²) in [4.78, 5) is 16.3. The summed E-state index contributed by atoms with van der Waals surface area (Å²) >= 11 is 1.76. The molecule has 0 aliphatic carbocycles. The molecule has 0 saturated carbocycles. The van der Waals surface area contributed by atoms with Gasteiger partial charge in [0.15, 0.2) is 0 Å². The summed E-state index contributed by atoms with van der Waals surface area (Å²) < 4.78 is 0. The van der Waals surface area contributed by atoms with E-state index in [-0.39, 0.29) is 5.56 Å². The van der Waals surface area contributed by atoms with E-state index in [9.17, 15) is 4.79 Å². The van der Waals surface area contributed by atoms with Gasteiger partial charge in [-0.1, -0.05) is 19.1 Å². The van der Waals surface area contributed by atoms with Crippen LogP contribution in [0.1, 0.15) is 17.3 Å². The molecule has 0 bridgehead atoms. The van der Waals surface area contributed by atoms with Gasteiger partial charge in [-0.15, -0.1) is 11.8 Å². The second-order valence-electron chi connectivity index (χ2n) is 3.68. The second kappa shape index (κ2) is 5.69. The fraction of sp³-hybridized carbons (Fsp3) is 0.143. The van der Waals surface area contributed by atoms with Gasteiger partial charge < -0.3 is 5.11 Å². The van der Waals surface area contributed by atoms with Crippen LogP contribution < -0.4 is 0 Å². The molecule has 0 atom stereocenters. The third-order valence-corrected chi connectivity index (χ3v) is 3.42. The standard InChI is InChI=1S/C14H13NO2S/c1-2-18-11-5-3-10(4-6-11)13-9-15-8-7-12(13)14(16)17/h3-9H,2H2,1H3,(H,16,17). The first-order valence-electron chi connectivity index (χ1n) is 5.63. The normalized spacial score (nSPS) is 10.3. The monoisotopic (exact) mass is 259 g/mol. The van der Waals surface area contributed by atoms with Gasteiger partial charge in [-0.2, -0.15) is 0 Å². The molecule has 0 amide bonds. The molecule has 0 fully saturated rings. The van der Waals surface area contributed by atoms with Crippen molar-refractivity contribution in [3.8, 4) is 11.1 Å². The lowest BCUT2D eigenvalue weighted by Gasteiger charge is -2.06. The quantitative estimate of drug-likeness (QED) is 0.853. The van der Waals surface area contributed by atoms with E-state index in [1.165, 1.54) is 17.2 Å². The minimum absolute atomic E-state index is 0.279. The molecule has 18 heavy (non-hydrogen) atoms. The molecule has 92 valence electrons. The maximum absolute atomic E-state index is 11.1. The maximum atomic E-state index is 11.1. The number of pyridine rings is 1. The van der Waals surface area contributed by atoms with Gasteiger partial charge in [-0.05, 0) is 29.5 Å². The first-order chi connectivity index (χ1) is 8.72. The van der Waals surface area contributed by atoms with Gasteiger partial charge in [0.25, 0.3) is 0 Å². The molecule has 3 nitrogen and oxygen atoms in total. The zero-order valence-corrected chi connectivity index (χ0v) is 10.8. The number of nitrogens with zero attached hydrogens (tertiary/aromatic N) is 1. The highest BCUT2D eigenvalue weighted by Crippen LogP contribution is 2.26. The van der Waals surface area contributed by atoms with Crippen molar-refractivity contribution in [1.82, 2.24) is 4.98 Å². The second-order valence-corrected chi connectivity index (χ2v) is 5.02. The molecular weight excluding hydrogens is 246 g/mol. The van der Waals surface area contributed by atoms with Crippen molar-refractivity contribution >= 4 is 17.7 Å². The van der Waals surface area contributed by atoms with Crippen LogP contribution in [0, 0.1) is 0 Å².